The van der Waals surface area contributed by atoms with Crippen LogP contribution in [0.4, 0.5) is 5.95 Å². The van der Waals surface area contributed by atoms with E-state index in [0.29, 0.717) is 30.2 Å². The van der Waals surface area contributed by atoms with Crippen LogP contribution in [0.25, 0.3) is 11.0 Å². The number of rotatable bonds is 4. The number of imide groups is 1. The first-order chi connectivity index (χ1) is 16.4. The van der Waals surface area contributed by atoms with Crippen molar-refractivity contribution >= 4 is 38.8 Å². The molecule has 1 saturated carbocycles. The second-order valence-electron chi connectivity index (χ2n) is 9.49. The number of likely N-dealkylation sites (tertiary alicyclic amines) is 1. The quantitative estimate of drug-likeness (QED) is 0.537. The zero-order valence-corrected chi connectivity index (χ0v) is 19.8. The minimum absolute atomic E-state index is 0.103. The zero-order chi connectivity index (χ0) is 23.6. The highest BCUT2D eigenvalue weighted by Crippen LogP contribution is 2.39. The summed E-state index contributed by atoms with van der Waals surface area (Å²) < 4.78 is 30.8. The maximum Gasteiger partial charge on any atom is 0.266 e. The Morgan fingerprint density at radius 3 is 2.41 bits per heavy atom. The molecule has 2 aliphatic heterocycles. The Labute approximate surface area is 198 Å². The Balaban J connectivity index is 1.33. The standard InChI is InChI=1S/C25H26N4O4S/c1-16-10-11-17(15-28-23(30)18-6-2-3-7-19(18)24(28)31)14-22(16)34(32,33)29-13-12-27-21-9-5-4-8-20(21)26-25(27)29/h4-5,8-11,14,18-19H,2-3,6-7,12-13,15H2,1H3/t18-,19-/m0/s1. The number of benzene rings is 2. The third-order valence-corrected chi connectivity index (χ3v) is 9.40. The fraction of sp³-hybridized carbons (Fsp3) is 0.400. The van der Waals surface area contributed by atoms with Crippen LogP contribution in [0.2, 0.25) is 0 Å². The van der Waals surface area contributed by atoms with Crippen molar-refractivity contribution < 1.29 is 18.0 Å². The second-order valence-corrected chi connectivity index (χ2v) is 11.3. The predicted molar refractivity (Wildman–Crippen MR) is 126 cm³/mol. The summed E-state index contributed by atoms with van der Waals surface area (Å²) in [6.07, 6.45) is 3.47. The molecule has 1 aliphatic carbocycles. The minimum atomic E-state index is -3.87. The summed E-state index contributed by atoms with van der Waals surface area (Å²) in [4.78, 5) is 31.9. The van der Waals surface area contributed by atoms with Gasteiger partial charge in [0.1, 0.15) is 0 Å². The van der Waals surface area contributed by atoms with E-state index in [-0.39, 0.29) is 35.1 Å². The fourth-order valence-corrected chi connectivity index (χ4v) is 7.39. The van der Waals surface area contributed by atoms with Crippen LogP contribution >= 0.6 is 0 Å². The number of carbonyl (C=O) groups is 2. The van der Waals surface area contributed by atoms with Gasteiger partial charge in [-0.05, 0) is 49.1 Å². The van der Waals surface area contributed by atoms with E-state index in [9.17, 15) is 18.0 Å². The normalized spacial score (nSPS) is 22.5. The minimum Gasteiger partial charge on any atom is -0.307 e. The predicted octanol–water partition coefficient (Wildman–Crippen LogP) is 3.23. The number of aryl methyl sites for hydroxylation is 1. The molecule has 0 spiro atoms. The number of sulfonamides is 1. The number of para-hydroxylation sites is 2. The molecule has 0 radical (unpaired) electrons. The average molecular weight is 479 g/mol. The number of imidazole rings is 1. The highest BCUT2D eigenvalue weighted by molar-refractivity contribution is 7.92. The Bertz CT molecular complexity index is 1420. The van der Waals surface area contributed by atoms with Gasteiger partial charge in [-0.2, -0.15) is 0 Å². The van der Waals surface area contributed by atoms with Gasteiger partial charge in [0.05, 0.1) is 40.9 Å². The molecular weight excluding hydrogens is 452 g/mol. The molecule has 1 saturated heterocycles. The van der Waals surface area contributed by atoms with Crippen molar-refractivity contribution in [1.82, 2.24) is 14.5 Å². The molecule has 8 nitrogen and oxygen atoms in total. The Morgan fingerprint density at radius 2 is 1.68 bits per heavy atom. The van der Waals surface area contributed by atoms with Crippen molar-refractivity contribution in [1.29, 1.82) is 0 Å². The highest BCUT2D eigenvalue weighted by Gasteiger charge is 2.48. The molecule has 34 heavy (non-hydrogen) atoms. The van der Waals surface area contributed by atoms with Gasteiger partial charge in [0, 0.05) is 6.54 Å². The van der Waals surface area contributed by atoms with Gasteiger partial charge in [-0.3, -0.25) is 14.5 Å². The van der Waals surface area contributed by atoms with Crippen molar-refractivity contribution in [2.75, 3.05) is 10.8 Å². The molecular formula is C25H26N4O4S. The van der Waals surface area contributed by atoms with E-state index in [1.807, 2.05) is 28.8 Å². The van der Waals surface area contributed by atoms with Gasteiger partial charge in [0.2, 0.25) is 17.8 Å². The van der Waals surface area contributed by atoms with Crippen molar-refractivity contribution in [2.45, 2.75) is 50.6 Å². The summed E-state index contributed by atoms with van der Waals surface area (Å²) in [6.45, 7) is 2.71. The third-order valence-electron chi connectivity index (χ3n) is 7.48. The van der Waals surface area contributed by atoms with Gasteiger partial charge in [0.25, 0.3) is 10.0 Å². The molecule has 2 atom stereocenters. The lowest BCUT2D eigenvalue weighted by Gasteiger charge is -2.20. The first kappa shape index (κ1) is 21.3. The topological polar surface area (TPSA) is 92.6 Å². The van der Waals surface area contributed by atoms with Crippen molar-refractivity contribution in [2.24, 2.45) is 11.8 Å². The van der Waals surface area contributed by atoms with E-state index in [1.165, 1.54) is 9.21 Å². The van der Waals surface area contributed by atoms with Gasteiger partial charge in [-0.25, -0.2) is 17.7 Å². The number of amides is 2. The molecule has 9 heteroatoms. The molecule has 2 fully saturated rings. The maximum absolute atomic E-state index is 13.7. The van der Waals surface area contributed by atoms with Crippen LogP contribution in [-0.4, -0.2) is 41.2 Å². The maximum atomic E-state index is 13.7. The lowest BCUT2D eigenvalue weighted by atomic mass is 9.81. The Kier molecular flexibility index (Phi) is 4.81. The monoisotopic (exact) mass is 478 g/mol. The van der Waals surface area contributed by atoms with E-state index >= 15 is 0 Å². The Morgan fingerprint density at radius 1 is 0.971 bits per heavy atom. The summed E-state index contributed by atoms with van der Waals surface area (Å²) >= 11 is 0. The number of anilines is 1. The highest BCUT2D eigenvalue weighted by atomic mass is 32.2. The molecule has 3 heterocycles. The van der Waals surface area contributed by atoms with Crippen LogP contribution in [0.3, 0.4) is 0 Å². The number of nitrogens with zero attached hydrogens (tertiary/aromatic N) is 4. The zero-order valence-electron chi connectivity index (χ0n) is 19.0. The van der Waals surface area contributed by atoms with Gasteiger partial charge in [0.15, 0.2) is 0 Å². The lowest BCUT2D eigenvalue weighted by molar-refractivity contribution is -0.140. The lowest BCUT2D eigenvalue weighted by Crippen LogP contribution is -2.32. The van der Waals surface area contributed by atoms with E-state index < -0.39 is 10.0 Å². The molecule has 0 bridgehead atoms. The summed E-state index contributed by atoms with van der Waals surface area (Å²) in [5.41, 5.74) is 2.92. The van der Waals surface area contributed by atoms with E-state index in [1.54, 1.807) is 25.1 Å². The van der Waals surface area contributed by atoms with Gasteiger partial charge >= 0.3 is 0 Å². The molecule has 3 aromatic rings. The van der Waals surface area contributed by atoms with Gasteiger partial charge in [-0.15, -0.1) is 0 Å². The van der Waals surface area contributed by atoms with Crippen LogP contribution in [0.1, 0.15) is 36.8 Å². The van der Waals surface area contributed by atoms with E-state index in [0.717, 1.165) is 36.7 Å². The fourth-order valence-electron chi connectivity index (χ4n) is 5.70. The first-order valence-electron chi connectivity index (χ1n) is 11.8. The van der Waals surface area contributed by atoms with Crippen molar-refractivity contribution in [3.63, 3.8) is 0 Å². The van der Waals surface area contributed by atoms with E-state index in [2.05, 4.69) is 4.98 Å². The first-order valence-corrected chi connectivity index (χ1v) is 13.2. The summed E-state index contributed by atoms with van der Waals surface area (Å²) in [6, 6.07) is 12.8. The molecule has 0 N–H and O–H groups in total. The van der Waals surface area contributed by atoms with Crippen molar-refractivity contribution in [3.8, 4) is 0 Å². The largest absolute Gasteiger partial charge is 0.307 e. The van der Waals surface area contributed by atoms with Crippen LogP contribution < -0.4 is 4.31 Å². The van der Waals surface area contributed by atoms with Gasteiger partial charge < -0.3 is 4.57 Å². The summed E-state index contributed by atoms with van der Waals surface area (Å²) in [5, 5.41) is 0. The SMILES string of the molecule is Cc1ccc(CN2C(=O)[C@H]3CCCC[C@@H]3C2=O)cc1S(=O)(=O)N1CCn2c1nc1ccccc12. The van der Waals surface area contributed by atoms with E-state index in [4.69, 9.17) is 0 Å². The number of carbonyl (C=O) groups excluding carboxylic acids is 2. The second kappa shape index (κ2) is 7.66. The summed E-state index contributed by atoms with van der Waals surface area (Å²) in [7, 11) is -3.87. The molecule has 1 aromatic heterocycles. The molecule has 3 aliphatic rings. The van der Waals surface area contributed by atoms with Crippen LogP contribution in [0, 0.1) is 18.8 Å². The Hall–Kier alpha value is -3.20. The number of aromatic nitrogens is 2. The molecule has 6 rings (SSSR count). The molecule has 0 unspecified atom stereocenters. The van der Waals surface area contributed by atoms with Crippen molar-refractivity contribution in [3.05, 3.63) is 53.6 Å². The smallest absolute Gasteiger partial charge is 0.266 e. The number of hydrogen-bond donors (Lipinski definition) is 0. The van der Waals surface area contributed by atoms with Crippen LogP contribution in [0.15, 0.2) is 47.4 Å². The number of hydrogen-bond acceptors (Lipinski definition) is 5. The molecule has 2 aromatic carbocycles. The average Bonchev–Trinajstić information content (AvgIpc) is 3.48. The molecule has 176 valence electrons. The number of fused-ring (bicyclic) bond motifs is 4. The molecule has 2 amide bonds. The van der Waals surface area contributed by atoms with Gasteiger partial charge in [-0.1, -0.05) is 37.1 Å². The summed E-state index contributed by atoms with van der Waals surface area (Å²) in [5.74, 6) is -0.249. The third kappa shape index (κ3) is 3.10. The van der Waals surface area contributed by atoms with Crippen LogP contribution in [-0.2, 0) is 32.7 Å². The van der Waals surface area contributed by atoms with Crippen LogP contribution in [0.5, 0.6) is 0 Å².